The van der Waals surface area contributed by atoms with E-state index in [1.54, 1.807) is 17.6 Å². The van der Waals surface area contributed by atoms with Gasteiger partial charge in [-0.15, -0.1) is 22.7 Å². The van der Waals surface area contributed by atoms with Gasteiger partial charge in [0.25, 0.3) is 1.45 Å². The number of benzene rings is 13. The van der Waals surface area contributed by atoms with E-state index in [0.717, 1.165) is 29.0 Å². The molecule has 0 saturated carbocycles. The van der Waals surface area contributed by atoms with Crippen LogP contribution in [0.3, 0.4) is 0 Å². The fourth-order valence-corrected chi connectivity index (χ4v) is 16.8. The van der Waals surface area contributed by atoms with Crippen molar-refractivity contribution in [3.63, 3.8) is 0 Å². The van der Waals surface area contributed by atoms with Gasteiger partial charge in [-0.2, -0.15) is 0 Å². The van der Waals surface area contributed by atoms with Gasteiger partial charge in [0.15, 0.2) is 0 Å². The van der Waals surface area contributed by atoms with Crippen LogP contribution in [0.1, 0.15) is 183 Å². The zero-order chi connectivity index (χ0) is 94.8. The third kappa shape index (κ3) is 27.7. The number of aromatic nitrogens is 1. The molecule has 127 heavy (non-hydrogen) atoms. The van der Waals surface area contributed by atoms with Crippen molar-refractivity contribution in [2.24, 2.45) is 0 Å². The van der Waals surface area contributed by atoms with E-state index in [9.17, 15) is 0 Å². The van der Waals surface area contributed by atoms with Gasteiger partial charge in [0, 0.05) is 45.2 Å². The molecule has 0 N–H and O–H groups in total. The van der Waals surface area contributed by atoms with Crippen LogP contribution in [0, 0.1) is 173 Å². The second-order valence-electron chi connectivity index (χ2n) is 33.4. The summed E-state index contributed by atoms with van der Waals surface area (Å²) in [6.45, 7) is 60.6. The average molecular weight is 1730 g/mol. The van der Waals surface area contributed by atoms with E-state index >= 15 is 0 Å². The molecule has 3 radical (unpaired) electrons. The Labute approximate surface area is 775 Å². The van der Waals surface area contributed by atoms with E-state index in [1.807, 2.05) is 68.6 Å². The molecule has 5 aromatic heterocycles. The van der Waals surface area contributed by atoms with E-state index in [4.69, 9.17) is 19.6 Å². The van der Waals surface area contributed by atoms with Crippen LogP contribution in [0.5, 0.6) is 0 Å². The number of pyridine rings is 1. The van der Waals surface area contributed by atoms with Crippen molar-refractivity contribution in [3.8, 4) is 11.1 Å². The first-order valence-corrected chi connectivity index (χ1v) is 44.9. The van der Waals surface area contributed by atoms with Crippen LogP contribution in [0.2, 0.25) is 0 Å². The van der Waals surface area contributed by atoms with Gasteiger partial charge in [-0.3, -0.25) is 9.70 Å². The summed E-state index contributed by atoms with van der Waals surface area (Å²) in [6.07, 6.45) is 4.68. The third-order valence-corrected chi connectivity index (χ3v) is 27.3. The predicted octanol–water partition coefficient (Wildman–Crippen LogP) is 34.4. The molecule has 0 unspecified atom stereocenters. The van der Waals surface area contributed by atoms with E-state index in [0.29, 0.717) is 0 Å². The molecule has 0 aliphatic heterocycles. The second kappa shape index (κ2) is 50.1. The first-order valence-electron chi connectivity index (χ1n) is 44.2. The minimum absolute atomic E-state index is 0. The van der Waals surface area contributed by atoms with Crippen molar-refractivity contribution in [1.82, 2.24) is 4.98 Å². The molecule has 1 aliphatic carbocycles. The Kier molecular flexibility index (Phi) is 40.4. The Bertz CT molecular complexity index is 6080. The summed E-state index contributed by atoms with van der Waals surface area (Å²) in [5, 5.41) is 14.1. The summed E-state index contributed by atoms with van der Waals surface area (Å²) in [4.78, 5) is 7.15. The van der Waals surface area contributed by atoms with Gasteiger partial charge in [0.05, 0.1) is 11.8 Å². The average Bonchev–Trinajstić information content (AvgIpc) is 1.57. The molecule has 19 rings (SSSR count). The quantitative estimate of drug-likeness (QED) is 0.154. The molecule has 13 aromatic carbocycles. The Morgan fingerprint density at radius 3 is 1.24 bits per heavy atom. The van der Waals surface area contributed by atoms with Gasteiger partial charge in [-0.1, -0.05) is 241 Å². The van der Waals surface area contributed by atoms with Gasteiger partial charge in [0.1, 0.15) is 17.1 Å². The summed E-state index contributed by atoms with van der Waals surface area (Å²) in [5.74, 6) is 2.03. The van der Waals surface area contributed by atoms with E-state index in [-0.39, 0.29) is 12.8 Å². The van der Waals surface area contributed by atoms with Gasteiger partial charge in [-0.05, 0) is 411 Å². The fraction of sp³-hybridized carbons (Fsp3) is 0.263. The molecule has 0 saturated heterocycles. The summed E-state index contributed by atoms with van der Waals surface area (Å²) in [6, 6.07) is 89.8. The maximum atomic E-state index is 8.75. The number of fused-ring (bicyclic) bond motifs is 9. The molecule has 0 spiro atoms. The van der Waals surface area contributed by atoms with Crippen LogP contribution in [0.25, 0.3) is 75.4 Å². The first-order chi connectivity index (χ1) is 61.1. The first kappa shape index (κ1) is 102. The van der Waals surface area contributed by atoms with Crippen molar-refractivity contribution in [2.45, 2.75) is 213 Å². The topological polar surface area (TPSA) is 56.2 Å². The molecule has 5 heterocycles. The minimum atomic E-state index is 0. The molecule has 18 aromatic rings. The number of thiophene rings is 2. The van der Waals surface area contributed by atoms with E-state index in [2.05, 4.69) is 425 Å². The summed E-state index contributed by atoms with van der Waals surface area (Å²) in [5.41, 5.74) is 38.6. The van der Waals surface area contributed by atoms with Crippen LogP contribution >= 0.6 is 22.7 Å². The molecule has 0 amide bonds. The normalized spacial score (nSPS) is 10.7. The Morgan fingerprint density at radius 1 is 0.354 bits per heavy atom. The number of furan rings is 2. The van der Waals surface area contributed by atoms with E-state index < -0.39 is 0 Å². The Balaban J connectivity index is 0.000000251. The van der Waals surface area contributed by atoms with Crippen molar-refractivity contribution in [3.05, 3.63) is 427 Å². The van der Waals surface area contributed by atoms with E-state index in [1.165, 1.54) is 208 Å². The molecule has 4 nitrogen and oxygen atoms in total. The van der Waals surface area contributed by atoms with Crippen molar-refractivity contribution < 1.29 is 18.3 Å². The van der Waals surface area contributed by atoms with Crippen LogP contribution in [0.15, 0.2) is 281 Å². The van der Waals surface area contributed by atoms with Gasteiger partial charge >= 0.3 is 12.4 Å². The predicted molar refractivity (Wildman–Crippen MR) is 562 cm³/mol. The summed E-state index contributed by atoms with van der Waals surface area (Å²) < 4.78 is 37.9. The van der Waals surface area contributed by atoms with Crippen LogP contribution in [-0.4, -0.2) is 23.9 Å². The SMILES string of the molecule is C.CCc1ccccc1C.Cc1c(C)c(C)c(C)c(C)c1C.Cc1cc2c(cc1C)C(C)(C)c1ccccc1-2.Cc1cc2ccccc2cc1C.Cc1cc2cccnc2cc1C.Cc1ccc2ccccc2c1C.Cc1ccc2ccccc2c1C.Cc1ccoc1C.Cc1ccsc1C.Cc1oc2ccccc2c1C.Cc1sc2ccccc2c1C.[3H]F.[3H][B].[B]=O. The van der Waals surface area contributed by atoms with Crippen LogP contribution in [-0.2, 0) is 16.5 Å². The zero-order valence-electron chi connectivity index (χ0n) is 82.2. The number of halogens is 1. The molecule has 9 heteroatoms. The van der Waals surface area contributed by atoms with Crippen molar-refractivity contribution >= 4 is 103 Å². The zero-order valence-corrected chi connectivity index (χ0v) is 81.8. The van der Waals surface area contributed by atoms with Gasteiger partial charge < -0.3 is 8.83 Å². The molecular formula is C118H137B2FNO3S2. The molecule has 0 fully saturated rings. The summed E-state index contributed by atoms with van der Waals surface area (Å²) >= 11 is 3.68. The monoisotopic (exact) mass is 1730 g/mol. The fourth-order valence-electron chi connectivity index (χ4n) is 15.0. The molecule has 0 bridgehead atoms. The molecule has 1 aliphatic rings. The molecule has 657 valence electrons. The number of rotatable bonds is 1. The Morgan fingerprint density at radius 2 is 0.787 bits per heavy atom. The van der Waals surface area contributed by atoms with Crippen molar-refractivity contribution in [1.29, 1.82) is 2.79 Å². The molecule has 0 atom stereocenters. The van der Waals surface area contributed by atoms with Crippen LogP contribution < -0.4 is 0 Å². The Hall–Kier alpha value is -11.6. The maximum absolute atomic E-state index is 8.75. The number of para-hydroxylation sites is 1. The second-order valence-corrected chi connectivity index (χ2v) is 35.8. The standard InChI is InChI=1S/C17H18.3C12H12.C12H18.C11H11N.C10H10O.C10H10S.C9H12.C6H8O.C6H8S.CH4.BO.BH.FH/c1-11-9-14-13-7-5-6-8-15(13)17(3,4)16(14)10-12(11)2;1-9-7-11-5-3-4-6-12(11)8-10(9)2;2*1-9-7-8-11-5-3-4-6-12(11)10(9)2;1-7-8(2)10(4)12(6)11(5)9(7)3;1-8-6-10-4-3-5-12-11(10)7-9(8)2;2*1-7-8(2)11-10-6-4-3-5-9(7)10;1-3-9-7-5-4-6-8(9)2;2*1-5-3-4-7-6(5)2;;1-2;;/h5-10H,1-4H3;3*3-8H,1-2H3;1-6H3;3-7H,1-2H3;2*3-6H,1-2H3;4-7H,3H2,1-2H3;2*3-4H,1-2H3;1H4;;2*1H/i;;;;;;;;;;;;;1T;/hT. The van der Waals surface area contributed by atoms with Gasteiger partial charge in [0.2, 0.25) is 0 Å². The number of aryl methyl sites for hydroxylation is 20. The molecular weight excluding hydrogens is 1580 g/mol. The number of hydrogen-bond acceptors (Lipinski definition) is 6. The van der Waals surface area contributed by atoms with Crippen molar-refractivity contribution in [2.75, 3.05) is 0 Å². The number of hydrogen-bond donors (Lipinski definition) is 0. The van der Waals surface area contributed by atoms with Gasteiger partial charge in [-0.25, -0.2) is 0 Å². The summed E-state index contributed by atoms with van der Waals surface area (Å²) in [7, 11) is 7.00. The number of nitrogens with zero attached hydrogens (tertiary/aromatic N) is 1. The third-order valence-electron chi connectivity index (χ3n) is 25.1. The van der Waals surface area contributed by atoms with Crippen LogP contribution in [0.4, 0.5) is 4.72 Å².